The molecule has 1 atom stereocenters. The molecule has 1 N–H and O–H groups in total. The largest absolute Gasteiger partial charge is 0.497 e. The first kappa shape index (κ1) is 17.5. The molecule has 0 aromatic heterocycles. The molecule has 1 fully saturated rings. The van der Waals surface area contributed by atoms with Gasteiger partial charge in [0, 0.05) is 25.2 Å². The minimum atomic E-state index is -3.25. The summed E-state index contributed by atoms with van der Waals surface area (Å²) in [6.07, 6.45) is 5.94. The van der Waals surface area contributed by atoms with Gasteiger partial charge in [0.25, 0.3) is 0 Å². The maximum atomic E-state index is 12.2. The fourth-order valence-electron chi connectivity index (χ4n) is 2.56. The molecule has 7 heteroatoms. The van der Waals surface area contributed by atoms with Gasteiger partial charge in [-0.05, 0) is 36.6 Å². The Morgan fingerprint density at radius 1 is 1.35 bits per heavy atom. The van der Waals surface area contributed by atoms with Crippen molar-refractivity contribution in [1.29, 1.82) is 0 Å². The number of nitrogens with zero attached hydrogens (tertiary/aromatic N) is 1. The normalized spacial score (nSPS) is 19.0. The molecule has 2 rings (SSSR count). The number of carbonyl (C=O) groups is 1. The van der Waals surface area contributed by atoms with Crippen LogP contribution in [0, 0.1) is 0 Å². The van der Waals surface area contributed by atoms with E-state index < -0.39 is 10.0 Å². The van der Waals surface area contributed by atoms with E-state index in [1.807, 2.05) is 24.3 Å². The van der Waals surface area contributed by atoms with Gasteiger partial charge in [0.1, 0.15) is 5.75 Å². The van der Waals surface area contributed by atoms with Crippen LogP contribution in [0.5, 0.6) is 5.75 Å². The smallest absolute Gasteiger partial charge is 0.246 e. The number of hydrogen-bond acceptors (Lipinski definition) is 4. The summed E-state index contributed by atoms with van der Waals surface area (Å²) in [5.41, 5.74) is 0.905. The Labute approximate surface area is 137 Å². The van der Waals surface area contributed by atoms with Crippen molar-refractivity contribution in [3.05, 3.63) is 35.9 Å². The van der Waals surface area contributed by atoms with Crippen molar-refractivity contribution < 1.29 is 17.9 Å². The van der Waals surface area contributed by atoms with Crippen molar-refractivity contribution in [2.75, 3.05) is 26.5 Å². The van der Waals surface area contributed by atoms with E-state index in [2.05, 4.69) is 4.72 Å². The van der Waals surface area contributed by atoms with E-state index in [-0.39, 0.29) is 11.9 Å². The van der Waals surface area contributed by atoms with Crippen LogP contribution in [0.2, 0.25) is 0 Å². The third kappa shape index (κ3) is 5.69. The van der Waals surface area contributed by atoms with Crippen LogP contribution in [0.3, 0.4) is 0 Å². The molecule has 0 aliphatic carbocycles. The van der Waals surface area contributed by atoms with Gasteiger partial charge in [0.2, 0.25) is 15.9 Å². The van der Waals surface area contributed by atoms with Gasteiger partial charge in [-0.1, -0.05) is 12.1 Å². The second-order valence-corrected chi connectivity index (χ2v) is 7.40. The van der Waals surface area contributed by atoms with Gasteiger partial charge in [0.15, 0.2) is 0 Å². The summed E-state index contributed by atoms with van der Waals surface area (Å²) < 4.78 is 30.3. The van der Waals surface area contributed by atoms with Crippen molar-refractivity contribution >= 4 is 22.0 Å². The van der Waals surface area contributed by atoms with Crippen LogP contribution in [-0.2, 0) is 14.8 Å². The molecule has 1 saturated heterocycles. The molecular formula is C16H22N2O4S. The highest BCUT2D eigenvalue weighted by Gasteiger charge is 2.24. The highest BCUT2D eigenvalue weighted by atomic mass is 32.2. The fourth-order valence-corrected chi connectivity index (χ4v) is 3.36. The van der Waals surface area contributed by atoms with E-state index in [4.69, 9.17) is 4.74 Å². The van der Waals surface area contributed by atoms with Crippen molar-refractivity contribution in [2.45, 2.75) is 18.9 Å². The minimum absolute atomic E-state index is 0.110. The Balaban J connectivity index is 1.95. The Morgan fingerprint density at radius 3 is 2.65 bits per heavy atom. The molecule has 126 valence electrons. The molecule has 23 heavy (non-hydrogen) atoms. The van der Waals surface area contributed by atoms with Crippen LogP contribution in [0.15, 0.2) is 30.3 Å². The molecule has 6 nitrogen and oxygen atoms in total. The molecule has 1 unspecified atom stereocenters. The summed E-state index contributed by atoms with van der Waals surface area (Å²) >= 11 is 0. The number of nitrogens with one attached hydrogen (secondary N) is 1. The molecule has 1 aromatic rings. The van der Waals surface area contributed by atoms with Gasteiger partial charge in [-0.25, -0.2) is 13.1 Å². The van der Waals surface area contributed by atoms with Gasteiger partial charge in [0.05, 0.1) is 13.4 Å². The molecule has 0 saturated carbocycles. The number of ether oxygens (including phenoxy) is 1. The average molecular weight is 338 g/mol. The Hall–Kier alpha value is -1.86. The van der Waals surface area contributed by atoms with Crippen LogP contribution in [0.1, 0.15) is 18.4 Å². The van der Waals surface area contributed by atoms with Gasteiger partial charge >= 0.3 is 0 Å². The summed E-state index contributed by atoms with van der Waals surface area (Å²) in [5, 5.41) is 0. The summed E-state index contributed by atoms with van der Waals surface area (Å²) in [5.74, 6) is 0.653. The Bertz CT molecular complexity index is 668. The lowest BCUT2D eigenvalue weighted by Gasteiger charge is -2.32. The first-order chi connectivity index (χ1) is 10.9. The molecule has 0 bridgehead atoms. The number of amides is 1. The van der Waals surface area contributed by atoms with E-state index in [9.17, 15) is 13.2 Å². The molecular weight excluding hydrogens is 316 g/mol. The topological polar surface area (TPSA) is 75.7 Å². The van der Waals surface area contributed by atoms with E-state index in [1.165, 1.54) is 6.08 Å². The number of methoxy groups -OCH3 is 1. The minimum Gasteiger partial charge on any atom is -0.497 e. The molecule has 1 aromatic carbocycles. The van der Waals surface area contributed by atoms with Crippen molar-refractivity contribution in [1.82, 2.24) is 9.62 Å². The number of rotatable bonds is 5. The average Bonchev–Trinajstić information content (AvgIpc) is 2.51. The molecule has 1 heterocycles. The number of hydrogen-bond donors (Lipinski definition) is 1. The summed E-state index contributed by atoms with van der Waals surface area (Å²) in [4.78, 5) is 13.9. The van der Waals surface area contributed by atoms with Crippen molar-refractivity contribution in [3.8, 4) is 5.75 Å². The van der Waals surface area contributed by atoms with E-state index in [0.29, 0.717) is 13.1 Å². The van der Waals surface area contributed by atoms with Gasteiger partial charge in [-0.2, -0.15) is 0 Å². The highest BCUT2D eigenvalue weighted by molar-refractivity contribution is 7.88. The zero-order valence-electron chi connectivity index (χ0n) is 13.4. The molecule has 1 aliphatic rings. The zero-order valence-corrected chi connectivity index (χ0v) is 14.2. The van der Waals surface area contributed by atoms with E-state index in [1.54, 1.807) is 18.1 Å². The quantitative estimate of drug-likeness (QED) is 0.820. The Morgan fingerprint density at radius 2 is 2.04 bits per heavy atom. The number of likely N-dealkylation sites (tertiary alicyclic amines) is 1. The van der Waals surface area contributed by atoms with Gasteiger partial charge < -0.3 is 9.64 Å². The zero-order chi connectivity index (χ0) is 16.9. The lowest BCUT2D eigenvalue weighted by atomic mass is 10.1. The maximum Gasteiger partial charge on any atom is 0.246 e. The van der Waals surface area contributed by atoms with Crippen molar-refractivity contribution in [3.63, 3.8) is 0 Å². The van der Waals surface area contributed by atoms with Crippen LogP contribution >= 0.6 is 0 Å². The monoisotopic (exact) mass is 338 g/mol. The third-order valence-electron chi connectivity index (χ3n) is 3.65. The van der Waals surface area contributed by atoms with Gasteiger partial charge in [-0.3, -0.25) is 4.79 Å². The molecule has 0 spiro atoms. The van der Waals surface area contributed by atoms with Crippen LogP contribution < -0.4 is 9.46 Å². The first-order valence-corrected chi connectivity index (χ1v) is 9.35. The summed E-state index contributed by atoms with van der Waals surface area (Å²) in [7, 11) is -1.65. The number of benzene rings is 1. The predicted octanol–water partition coefficient (Wildman–Crippen LogP) is 1.25. The number of carbonyl (C=O) groups excluding carboxylic acids is 1. The summed E-state index contributed by atoms with van der Waals surface area (Å²) in [6.45, 7) is 1.05. The SMILES string of the molecule is COc1ccc(C=CC(=O)N2CCCC(NS(C)(=O)=O)C2)cc1. The predicted molar refractivity (Wildman–Crippen MR) is 89.6 cm³/mol. The van der Waals surface area contributed by atoms with E-state index in [0.717, 1.165) is 30.4 Å². The lowest BCUT2D eigenvalue weighted by molar-refractivity contribution is -0.127. The fraction of sp³-hybridized carbons (Fsp3) is 0.438. The second kappa shape index (κ2) is 7.61. The maximum absolute atomic E-state index is 12.2. The number of piperidine rings is 1. The Kier molecular flexibility index (Phi) is 5.79. The standard InChI is InChI=1S/C16H22N2O4S/c1-22-15-8-5-13(6-9-15)7-10-16(19)18-11-3-4-14(12-18)17-23(2,20)21/h5-10,14,17H,3-4,11-12H2,1-2H3. The molecule has 1 amide bonds. The molecule has 1 aliphatic heterocycles. The van der Waals surface area contributed by atoms with E-state index >= 15 is 0 Å². The number of sulfonamides is 1. The van der Waals surface area contributed by atoms with Crippen LogP contribution in [0.4, 0.5) is 0 Å². The molecule has 0 radical (unpaired) electrons. The van der Waals surface area contributed by atoms with Crippen LogP contribution in [-0.4, -0.2) is 51.7 Å². The first-order valence-electron chi connectivity index (χ1n) is 7.46. The van der Waals surface area contributed by atoms with Crippen LogP contribution in [0.25, 0.3) is 6.08 Å². The summed E-state index contributed by atoms with van der Waals surface area (Å²) in [6, 6.07) is 7.19. The van der Waals surface area contributed by atoms with Gasteiger partial charge in [-0.15, -0.1) is 0 Å². The highest BCUT2D eigenvalue weighted by Crippen LogP contribution is 2.14. The third-order valence-corrected chi connectivity index (χ3v) is 4.41. The second-order valence-electron chi connectivity index (χ2n) is 5.62. The lowest BCUT2D eigenvalue weighted by Crippen LogP contribution is -2.48. The van der Waals surface area contributed by atoms with Crippen molar-refractivity contribution in [2.24, 2.45) is 0 Å².